The lowest BCUT2D eigenvalue weighted by atomic mass is 9.86. The minimum absolute atomic E-state index is 0.0696. The van der Waals surface area contributed by atoms with Gasteiger partial charge in [-0.3, -0.25) is 4.79 Å². The van der Waals surface area contributed by atoms with E-state index >= 15 is 0 Å². The van der Waals surface area contributed by atoms with Crippen molar-refractivity contribution in [1.82, 2.24) is 10.6 Å². The van der Waals surface area contributed by atoms with Crippen molar-refractivity contribution in [3.05, 3.63) is 0 Å². The molecular formula is C14H26N2O. The van der Waals surface area contributed by atoms with Gasteiger partial charge >= 0.3 is 0 Å². The molecule has 3 nitrogen and oxygen atoms in total. The van der Waals surface area contributed by atoms with Gasteiger partial charge in [0.05, 0.1) is 0 Å². The smallest absolute Gasteiger partial charge is 0.226 e. The Morgan fingerprint density at radius 1 is 1.06 bits per heavy atom. The molecule has 2 rings (SSSR count). The molecule has 0 radical (unpaired) electrons. The molecule has 0 saturated heterocycles. The van der Waals surface area contributed by atoms with E-state index in [4.69, 9.17) is 0 Å². The third-order valence-electron chi connectivity index (χ3n) is 4.73. The van der Waals surface area contributed by atoms with Gasteiger partial charge in [0.1, 0.15) is 0 Å². The minimum Gasteiger partial charge on any atom is -0.353 e. The Morgan fingerprint density at radius 3 is 2.12 bits per heavy atom. The van der Waals surface area contributed by atoms with E-state index in [1.54, 1.807) is 0 Å². The highest BCUT2D eigenvalue weighted by Gasteiger charge is 2.37. The van der Waals surface area contributed by atoms with Crippen molar-refractivity contribution in [3.63, 3.8) is 0 Å². The number of hydrogen-bond acceptors (Lipinski definition) is 2. The Kier molecular flexibility index (Phi) is 4.08. The molecule has 0 bridgehead atoms. The van der Waals surface area contributed by atoms with Crippen molar-refractivity contribution in [2.75, 3.05) is 7.05 Å². The molecule has 2 aliphatic rings. The zero-order valence-corrected chi connectivity index (χ0v) is 11.2. The van der Waals surface area contributed by atoms with E-state index in [-0.39, 0.29) is 5.41 Å². The van der Waals surface area contributed by atoms with Gasteiger partial charge in [-0.25, -0.2) is 0 Å². The monoisotopic (exact) mass is 238 g/mol. The number of nitrogens with one attached hydrogen (secondary N) is 2. The molecule has 0 unspecified atom stereocenters. The van der Waals surface area contributed by atoms with Crippen LogP contribution in [0.5, 0.6) is 0 Å². The first-order valence-electron chi connectivity index (χ1n) is 7.12. The highest BCUT2D eigenvalue weighted by Crippen LogP contribution is 2.38. The van der Waals surface area contributed by atoms with Gasteiger partial charge in [0, 0.05) is 17.5 Å². The van der Waals surface area contributed by atoms with Gasteiger partial charge in [-0.1, -0.05) is 19.8 Å². The predicted molar refractivity (Wildman–Crippen MR) is 69.8 cm³/mol. The first-order valence-corrected chi connectivity index (χ1v) is 7.12. The molecular weight excluding hydrogens is 212 g/mol. The highest BCUT2D eigenvalue weighted by molar-refractivity contribution is 5.82. The Hall–Kier alpha value is -0.570. The van der Waals surface area contributed by atoms with Crippen LogP contribution in [0.3, 0.4) is 0 Å². The van der Waals surface area contributed by atoms with Crippen LogP contribution in [0.2, 0.25) is 0 Å². The maximum atomic E-state index is 12.3. The third-order valence-corrected chi connectivity index (χ3v) is 4.73. The van der Waals surface area contributed by atoms with E-state index in [9.17, 15) is 4.79 Å². The Balaban J connectivity index is 1.79. The fourth-order valence-electron chi connectivity index (χ4n) is 3.27. The van der Waals surface area contributed by atoms with Gasteiger partial charge in [-0.15, -0.1) is 0 Å². The molecule has 0 spiro atoms. The molecule has 2 fully saturated rings. The molecule has 0 aliphatic heterocycles. The van der Waals surface area contributed by atoms with Crippen LogP contribution in [0.1, 0.15) is 58.3 Å². The summed E-state index contributed by atoms with van der Waals surface area (Å²) in [5.74, 6) is 0.308. The van der Waals surface area contributed by atoms with Crippen molar-refractivity contribution in [3.8, 4) is 0 Å². The van der Waals surface area contributed by atoms with Crippen LogP contribution in [-0.2, 0) is 4.79 Å². The second kappa shape index (κ2) is 5.38. The Morgan fingerprint density at radius 2 is 1.59 bits per heavy atom. The molecule has 0 heterocycles. The first kappa shape index (κ1) is 12.9. The van der Waals surface area contributed by atoms with E-state index in [1.807, 2.05) is 7.05 Å². The molecule has 17 heavy (non-hydrogen) atoms. The molecule has 0 aromatic heterocycles. The normalized spacial score (nSPS) is 32.4. The molecule has 2 saturated carbocycles. The van der Waals surface area contributed by atoms with Gasteiger partial charge in [0.2, 0.25) is 5.91 Å². The number of carbonyl (C=O) groups excluding carboxylic acids is 1. The van der Waals surface area contributed by atoms with Crippen LogP contribution in [0.4, 0.5) is 0 Å². The summed E-state index contributed by atoms with van der Waals surface area (Å²) in [6.45, 7) is 2.13. The van der Waals surface area contributed by atoms with Gasteiger partial charge in [-0.05, 0) is 45.6 Å². The molecule has 0 aromatic carbocycles. The maximum Gasteiger partial charge on any atom is 0.226 e. The molecule has 2 aliphatic carbocycles. The Labute approximate surface area is 105 Å². The van der Waals surface area contributed by atoms with Crippen molar-refractivity contribution in [2.24, 2.45) is 5.41 Å². The van der Waals surface area contributed by atoms with E-state index in [1.165, 1.54) is 25.7 Å². The van der Waals surface area contributed by atoms with E-state index in [0.29, 0.717) is 18.0 Å². The summed E-state index contributed by atoms with van der Waals surface area (Å²) in [6, 6.07) is 1.08. The number of rotatable bonds is 3. The number of carbonyl (C=O) groups is 1. The second-order valence-corrected chi connectivity index (χ2v) is 6.08. The average molecular weight is 238 g/mol. The van der Waals surface area contributed by atoms with Gasteiger partial charge in [-0.2, -0.15) is 0 Å². The van der Waals surface area contributed by atoms with Crippen LogP contribution in [-0.4, -0.2) is 25.0 Å². The van der Waals surface area contributed by atoms with Crippen molar-refractivity contribution in [2.45, 2.75) is 70.4 Å². The largest absolute Gasteiger partial charge is 0.353 e. The molecule has 98 valence electrons. The van der Waals surface area contributed by atoms with Gasteiger partial charge in [0.15, 0.2) is 0 Å². The van der Waals surface area contributed by atoms with E-state index in [0.717, 1.165) is 25.7 Å². The van der Waals surface area contributed by atoms with E-state index < -0.39 is 0 Å². The summed E-state index contributed by atoms with van der Waals surface area (Å²) < 4.78 is 0. The highest BCUT2D eigenvalue weighted by atomic mass is 16.2. The summed E-state index contributed by atoms with van der Waals surface area (Å²) in [7, 11) is 2.03. The van der Waals surface area contributed by atoms with Crippen LogP contribution < -0.4 is 10.6 Å². The van der Waals surface area contributed by atoms with Crippen LogP contribution in [0.15, 0.2) is 0 Å². The van der Waals surface area contributed by atoms with E-state index in [2.05, 4.69) is 17.6 Å². The van der Waals surface area contributed by atoms with Crippen molar-refractivity contribution < 1.29 is 4.79 Å². The van der Waals surface area contributed by atoms with Gasteiger partial charge < -0.3 is 10.6 Å². The third kappa shape index (κ3) is 3.01. The van der Waals surface area contributed by atoms with Crippen molar-refractivity contribution >= 4 is 5.91 Å². The molecule has 0 atom stereocenters. The summed E-state index contributed by atoms with van der Waals surface area (Å²) >= 11 is 0. The van der Waals surface area contributed by atoms with Crippen molar-refractivity contribution in [1.29, 1.82) is 0 Å². The summed E-state index contributed by atoms with van der Waals surface area (Å²) in [4.78, 5) is 12.3. The number of hydrogen-bond donors (Lipinski definition) is 2. The fourth-order valence-corrected chi connectivity index (χ4v) is 3.27. The lowest BCUT2D eigenvalue weighted by molar-refractivity contribution is -0.130. The zero-order valence-electron chi connectivity index (χ0n) is 11.2. The maximum absolute atomic E-state index is 12.3. The SMILES string of the molecule is CNC1CCC(NC(=O)C2(C)CCCC2)CC1. The summed E-state index contributed by atoms with van der Waals surface area (Å²) in [5.41, 5.74) is -0.0696. The molecule has 1 amide bonds. The number of amides is 1. The quantitative estimate of drug-likeness (QED) is 0.791. The minimum atomic E-state index is -0.0696. The molecule has 2 N–H and O–H groups in total. The average Bonchev–Trinajstić information content (AvgIpc) is 2.78. The lowest BCUT2D eigenvalue weighted by Gasteiger charge is -2.32. The predicted octanol–water partition coefficient (Wildman–Crippen LogP) is 2.21. The molecule has 0 aromatic rings. The standard InChI is InChI=1S/C14H26N2O/c1-14(9-3-4-10-14)13(17)16-12-7-5-11(15-2)6-8-12/h11-12,15H,3-10H2,1-2H3,(H,16,17). The van der Waals surface area contributed by atoms with Crippen LogP contribution >= 0.6 is 0 Å². The van der Waals surface area contributed by atoms with Gasteiger partial charge in [0.25, 0.3) is 0 Å². The fraction of sp³-hybridized carbons (Fsp3) is 0.929. The second-order valence-electron chi connectivity index (χ2n) is 6.08. The summed E-state index contributed by atoms with van der Waals surface area (Å²) in [5, 5.41) is 6.61. The van der Waals surface area contributed by atoms with Crippen LogP contribution in [0.25, 0.3) is 0 Å². The topological polar surface area (TPSA) is 41.1 Å². The summed E-state index contributed by atoms with van der Waals surface area (Å²) in [6.07, 6.45) is 9.24. The molecule has 3 heteroatoms. The zero-order chi connectivity index (χ0) is 12.3. The van der Waals surface area contributed by atoms with Crippen LogP contribution in [0, 0.1) is 5.41 Å². The first-order chi connectivity index (χ1) is 8.14. The lowest BCUT2D eigenvalue weighted by Crippen LogP contribution is -2.46. The Bertz CT molecular complexity index is 263.